The average Bonchev–Trinajstić information content (AvgIpc) is 2.69. The maximum absolute atomic E-state index is 11.2. The van der Waals surface area contributed by atoms with Crippen LogP contribution in [0.4, 0.5) is 0 Å². The Bertz CT molecular complexity index is 432. The molecule has 1 aliphatic rings. The summed E-state index contributed by atoms with van der Waals surface area (Å²) >= 11 is 10.9. The number of carboxylic acids is 1. The molecule has 2 unspecified atom stereocenters. The fourth-order valence-corrected chi connectivity index (χ4v) is 4.40. The zero-order valence-electron chi connectivity index (χ0n) is 10.5. The number of hydrogen-bond donors (Lipinski definition) is 2. The lowest BCUT2D eigenvalue weighted by Gasteiger charge is -2.28. The highest BCUT2D eigenvalue weighted by molar-refractivity contribution is 9.10. The van der Waals surface area contributed by atoms with Gasteiger partial charge in [-0.15, -0.1) is 11.3 Å². The van der Waals surface area contributed by atoms with E-state index in [0.717, 1.165) is 47.6 Å². The van der Waals surface area contributed by atoms with Gasteiger partial charge in [0.1, 0.15) is 4.34 Å². The predicted molar refractivity (Wildman–Crippen MR) is 81.8 cm³/mol. The standard InChI is InChI=1S/C13H17BrClNO2S/c14-11-5-9(19-12(11)15)7-16-6-8-3-1-2-4-10(8)13(17)18/h5,8,10,16H,1-4,6-7H2,(H,17,18). The number of halogens is 2. The third-order valence-corrected chi connectivity index (χ3v) is 6.10. The Morgan fingerprint density at radius 1 is 1.53 bits per heavy atom. The molecule has 0 spiro atoms. The van der Waals surface area contributed by atoms with Crippen LogP contribution in [-0.2, 0) is 11.3 Å². The average molecular weight is 367 g/mol. The fourth-order valence-electron chi connectivity index (χ4n) is 2.64. The zero-order chi connectivity index (χ0) is 13.8. The highest BCUT2D eigenvalue weighted by atomic mass is 79.9. The Balaban J connectivity index is 1.82. The molecule has 2 N–H and O–H groups in total. The summed E-state index contributed by atoms with van der Waals surface area (Å²) in [6, 6.07) is 2.01. The Hall–Kier alpha value is -0.100. The van der Waals surface area contributed by atoms with Crippen molar-refractivity contribution in [3.8, 4) is 0 Å². The van der Waals surface area contributed by atoms with E-state index in [2.05, 4.69) is 21.2 Å². The zero-order valence-corrected chi connectivity index (χ0v) is 13.7. The van der Waals surface area contributed by atoms with Crippen molar-refractivity contribution in [2.24, 2.45) is 11.8 Å². The molecule has 0 aromatic carbocycles. The maximum Gasteiger partial charge on any atom is 0.306 e. The first-order valence-corrected chi connectivity index (χ1v) is 8.44. The molecule has 0 aliphatic heterocycles. The van der Waals surface area contributed by atoms with E-state index in [1.165, 1.54) is 4.88 Å². The molecule has 0 saturated heterocycles. The van der Waals surface area contributed by atoms with Crippen LogP contribution in [0.2, 0.25) is 4.34 Å². The smallest absolute Gasteiger partial charge is 0.306 e. The lowest BCUT2D eigenvalue weighted by Crippen LogP contribution is -2.34. The Morgan fingerprint density at radius 2 is 2.26 bits per heavy atom. The van der Waals surface area contributed by atoms with Crippen LogP contribution < -0.4 is 5.32 Å². The van der Waals surface area contributed by atoms with Crippen LogP contribution in [0.3, 0.4) is 0 Å². The largest absolute Gasteiger partial charge is 0.481 e. The van der Waals surface area contributed by atoms with Crippen molar-refractivity contribution in [2.45, 2.75) is 32.2 Å². The van der Waals surface area contributed by atoms with Gasteiger partial charge in [-0.3, -0.25) is 4.79 Å². The highest BCUT2D eigenvalue weighted by Gasteiger charge is 2.30. The molecule has 2 rings (SSSR count). The topological polar surface area (TPSA) is 49.3 Å². The molecule has 6 heteroatoms. The summed E-state index contributed by atoms with van der Waals surface area (Å²) in [6.45, 7) is 1.52. The first kappa shape index (κ1) is 15.3. The number of carbonyl (C=O) groups is 1. The van der Waals surface area contributed by atoms with Crippen LogP contribution in [-0.4, -0.2) is 17.6 Å². The monoisotopic (exact) mass is 365 g/mol. The van der Waals surface area contributed by atoms with Gasteiger partial charge < -0.3 is 10.4 Å². The van der Waals surface area contributed by atoms with Crippen molar-refractivity contribution in [1.29, 1.82) is 0 Å². The van der Waals surface area contributed by atoms with E-state index in [4.69, 9.17) is 11.6 Å². The summed E-state index contributed by atoms with van der Waals surface area (Å²) in [4.78, 5) is 12.4. The molecule has 3 nitrogen and oxygen atoms in total. The van der Waals surface area contributed by atoms with Crippen LogP contribution in [0, 0.1) is 11.8 Å². The van der Waals surface area contributed by atoms with Crippen LogP contribution in [0.1, 0.15) is 30.6 Å². The SMILES string of the molecule is O=C(O)C1CCCCC1CNCc1cc(Br)c(Cl)s1. The molecule has 2 atom stereocenters. The molecular weight excluding hydrogens is 350 g/mol. The van der Waals surface area contributed by atoms with Crippen LogP contribution >= 0.6 is 38.9 Å². The van der Waals surface area contributed by atoms with E-state index in [-0.39, 0.29) is 11.8 Å². The molecule has 1 aromatic rings. The second-order valence-electron chi connectivity index (χ2n) is 4.95. The van der Waals surface area contributed by atoms with E-state index < -0.39 is 5.97 Å². The summed E-state index contributed by atoms with van der Waals surface area (Å²) in [5.41, 5.74) is 0. The van der Waals surface area contributed by atoms with Crippen LogP contribution in [0.5, 0.6) is 0 Å². The van der Waals surface area contributed by atoms with Gasteiger partial charge in [0, 0.05) is 15.9 Å². The molecule has 106 valence electrons. The minimum atomic E-state index is -0.645. The van der Waals surface area contributed by atoms with Gasteiger partial charge in [0.25, 0.3) is 0 Å². The predicted octanol–water partition coefficient (Wildman–Crippen LogP) is 4.14. The van der Waals surface area contributed by atoms with Gasteiger partial charge in [0.05, 0.1) is 5.92 Å². The summed E-state index contributed by atoms with van der Waals surface area (Å²) in [6.07, 6.45) is 4.02. The molecule has 1 saturated carbocycles. The number of thiophene rings is 1. The van der Waals surface area contributed by atoms with Gasteiger partial charge in [0.15, 0.2) is 0 Å². The van der Waals surface area contributed by atoms with E-state index in [0.29, 0.717) is 0 Å². The molecular formula is C13H17BrClNO2S. The lowest BCUT2D eigenvalue weighted by molar-refractivity contribution is -0.144. The van der Waals surface area contributed by atoms with Gasteiger partial charge >= 0.3 is 5.97 Å². The normalized spacial score (nSPS) is 23.5. The van der Waals surface area contributed by atoms with Gasteiger partial charge in [-0.25, -0.2) is 0 Å². The molecule has 1 aliphatic carbocycles. The first-order chi connectivity index (χ1) is 9.08. The molecule has 1 aromatic heterocycles. The van der Waals surface area contributed by atoms with Crippen molar-refractivity contribution in [2.75, 3.05) is 6.54 Å². The van der Waals surface area contributed by atoms with Gasteiger partial charge in [-0.05, 0) is 47.3 Å². The van der Waals surface area contributed by atoms with Gasteiger partial charge in [-0.2, -0.15) is 0 Å². The summed E-state index contributed by atoms with van der Waals surface area (Å²) in [5.74, 6) is -0.571. The third-order valence-electron chi connectivity index (χ3n) is 3.63. The minimum Gasteiger partial charge on any atom is -0.481 e. The maximum atomic E-state index is 11.2. The second-order valence-corrected chi connectivity index (χ2v) is 7.55. The fraction of sp³-hybridized carbons (Fsp3) is 0.615. The molecule has 1 fully saturated rings. The summed E-state index contributed by atoms with van der Waals surface area (Å²) in [7, 11) is 0. The lowest BCUT2D eigenvalue weighted by atomic mass is 9.79. The quantitative estimate of drug-likeness (QED) is 0.823. The van der Waals surface area contributed by atoms with Crippen LogP contribution in [0.15, 0.2) is 10.5 Å². The molecule has 0 radical (unpaired) electrons. The van der Waals surface area contributed by atoms with Crippen LogP contribution in [0.25, 0.3) is 0 Å². The molecule has 1 heterocycles. The van der Waals surface area contributed by atoms with Crippen molar-refractivity contribution >= 4 is 44.8 Å². The van der Waals surface area contributed by atoms with Crippen molar-refractivity contribution < 1.29 is 9.90 Å². The number of aliphatic carboxylic acids is 1. The van der Waals surface area contributed by atoms with Crippen molar-refractivity contribution in [3.05, 3.63) is 19.8 Å². The number of rotatable bonds is 5. The second kappa shape index (κ2) is 7.07. The number of nitrogens with one attached hydrogen (secondary N) is 1. The van der Waals surface area contributed by atoms with Crippen molar-refractivity contribution in [1.82, 2.24) is 5.32 Å². The van der Waals surface area contributed by atoms with Crippen molar-refractivity contribution in [3.63, 3.8) is 0 Å². The minimum absolute atomic E-state index is 0.181. The van der Waals surface area contributed by atoms with E-state index >= 15 is 0 Å². The summed E-state index contributed by atoms with van der Waals surface area (Å²) in [5, 5.41) is 12.6. The molecule has 0 amide bonds. The summed E-state index contributed by atoms with van der Waals surface area (Å²) < 4.78 is 1.69. The van der Waals surface area contributed by atoms with E-state index in [1.54, 1.807) is 11.3 Å². The number of carboxylic acid groups (broad SMARTS) is 1. The van der Waals surface area contributed by atoms with E-state index in [1.807, 2.05) is 6.07 Å². The third kappa shape index (κ3) is 4.18. The Morgan fingerprint density at radius 3 is 2.89 bits per heavy atom. The number of hydrogen-bond acceptors (Lipinski definition) is 3. The van der Waals surface area contributed by atoms with Gasteiger partial charge in [-0.1, -0.05) is 24.4 Å². The Kier molecular flexibility index (Phi) is 5.69. The highest BCUT2D eigenvalue weighted by Crippen LogP contribution is 2.32. The molecule has 19 heavy (non-hydrogen) atoms. The van der Waals surface area contributed by atoms with Gasteiger partial charge in [0.2, 0.25) is 0 Å². The molecule has 0 bridgehead atoms. The van der Waals surface area contributed by atoms with E-state index in [9.17, 15) is 9.90 Å². The first-order valence-electron chi connectivity index (χ1n) is 6.45. The Labute approximate surface area is 130 Å².